The van der Waals surface area contributed by atoms with Crippen molar-refractivity contribution in [1.82, 2.24) is 0 Å². The van der Waals surface area contributed by atoms with E-state index in [0.29, 0.717) is 25.4 Å². The Morgan fingerprint density at radius 3 is 2.43 bits per heavy atom. The van der Waals surface area contributed by atoms with Crippen molar-refractivity contribution in [3.05, 3.63) is 11.1 Å². The van der Waals surface area contributed by atoms with E-state index in [9.17, 15) is 0 Å². The molecule has 0 unspecified atom stereocenters. The highest BCUT2D eigenvalue weighted by atomic mass is 32.1. The molecule has 0 heterocycles. The second-order valence-electron chi connectivity index (χ2n) is 2.82. The molecule has 0 bridgehead atoms. The summed E-state index contributed by atoms with van der Waals surface area (Å²) < 4.78 is 10.3. The predicted molar refractivity (Wildman–Crippen MR) is 59.0 cm³/mol. The lowest BCUT2D eigenvalue weighted by molar-refractivity contribution is 0.108. The van der Waals surface area contributed by atoms with Gasteiger partial charge >= 0.3 is 0 Å². The molecule has 14 heavy (non-hydrogen) atoms. The van der Waals surface area contributed by atoms with Gasteiger partial charge in [-0.1, -0.05) is 5.57 Å². The number of hydrogen-bond acceptors (Lipinski definition) is 4. The van der Waals surface area contributed by atoms with E-state index in [-0.39, 0.29) is 5.05 Å². The van der Waals surface area contributed by atoms with Gasteiger partial charge in [0.2, 0.25) is 5.05 Å². The van der Waals surface area contributed by atoms with Crippen LogP contribution in [0, 0.1) is 11.3 Å². The second kappa shape index (κ2) is 7.48. The Balaban J connectivity index is 3.98. The molecule has 4 heteroatoms. The van der Waals surface area contributed by atoms with Crippen molar-refractivity contribution in [1.29, 1.82) is 5.26 Å². The minimum Gasteiger partial charge on any atom is -0.480 e. The Hall–Kier alpha value is -0.920. The molecule has 0 radical (unpaired) electrons. The molecule has 0 aromatic carbocycles. The molecule has 0 aliphatic carbocycles. The molecule has 0 N–H and O–H groups in total. The van der Waals surface area contributed by atoms with E-state index >= 15 is 0 Å². The molecule has 0 saturated carbocycles. The number of nitrogens with zero attached hydrogens (tertiary/aromatic N) is 1. The molecule has 0 atom stereocenters. The van der Waals surface area contributed by atoms with E-state index in [1.165, 1.54) is 0 Å². The first-order chi connectivity index (χ1) is 6.63. The minimum absolute atomic E-state index is 0.257. The van der Waals surface area contributed by atoms with Gasteiger partial charge < -0.3 is 9.47 Å². The lowest BCUT2D eigenvalue weighted by Crippen LogP contribution is -2.11. The fraction of sp³-hybridized carbons (Fsp3) is 0.600. The summed E-state index contributed by atoms with van der Waals surface area (Å²) in [6.45, 7) is 7.12. The second-order valence-corrected chi connectivity index (χ2v) is 3.19. The van der Waals surface area contributed by atoms with Gasteiger partial charge in [-0.3, -0.25) is 0 Å². The summed E-state index contributed by atoms with van der Waals surface area (Å²) in [6.07, 6.45) is 0. The summed E-state index contributed by atoms with van der Waals surface area (Å²) >= 11 is 4.94. The molecule has 0 aliphatic heterocycles. The van der Waals surface area contributed by atoms with Crippen LogP contribution in [0.15, 0.2) is 11.1 Å². The van der Waals surface area contributed by atoms with Gasteiger partial charge in [-0.05, 0) is 33.0 Å². The molecule has 0 fully saturated rings. The van der Waals surface area contributed by atoms with E-state index in [1.807, 2.05) is 26.8 Å². The zero-order valence-electron chi connectivity index (χ0n) is 8.79. The maximum absolute atomic E-state index is 8.76. The average Bonchev–Trinajstić information content (AvgIpc) is 2.13. The monoisotopic (exact) mass is 213 g/mol. The van der Waals surface area contributed by atoms with Crippen molar-refractivity contribution in [3.8, 4) is 6.07 Å². The third-order valence-electron chi connectivity index (χ3n) is 1.48. The number of hydrogen-bond donors (Lipinski definition) is 0. The van der Waals surface area contributed by atoms with Crippen molar-refractivity contribution in [3.63, 3.8) is 0 Å². The largest absolute Gasteiger partial charge is 0.480 e. The number of rotatable bonds is 5. The summed E-state index contributed by atoms with van der Waals surface area (Å²) in [5.41, 5.74) is 1.31. The van der Waals surface area contributed by atoms with Crippen LogP contribution in [-0.2, 0) is 9.47 Å². The molecule has 78 valence electrons. The van der Waals surface area contributed by atoms with E-state index in [1.54, 1.807) is 0 Å². The van der Waals surface area contributed by atoms with Gasteiger partial charge in [0.1, 0.15) is 18.2 Å². The summed E-state index contributed by atoms with van der Waals surface area (Å²) in [7, 11) is 0. The zero-order valence-corrected chi connectivity index (χ0v) is 9.61. The Morgan fingerprint density at radius 1 is 1.36 bits per heavy atom. The lowest BCUT2D eigenvalue weighted by atomic mass is 10.2. The average molecular weight is 213 g/mol. The van der Waals surface area contributed by atoms with Gasteiger partial charge in [0.05, 0.1) is 6.61 Å². The van der Waals surface area contributed by atoms with Crippen molar-refractivity contribution in [2.75, 3.05) is 19.8 Å². The smallest absolute Gasteiger partial charge is 0.201 e. The molecule has 0 spiro atoms. The Morgan fingerprint density at radius 2 is 2.00 bits per heavy atom. The quantitative estimate of drug-likeness (QED) is 0.304. The highest BCUT2D eigenvalue weighted by molar-refractivity contribution is 7.80. The molecular formula is C10H15NO2S. The maximum atomic E-state index is 8.76. The molecule has 0 aromatic rings. The Labute approximate surface area is 90.3 Å². The van der Waals surface area contributed by atoms with Crippen LogP contribution in [0.25, 0.3) is 0 Å². The fourth-order valence-corrected chi connectivity index (χ4v) is 1.10. The highest BCUT2D eigenvalue weighted by Crippen LogP contribution is 2.05. The van der Waals surface area contributed by atoms with Crippen molar-refractivity contribution in [2.24, 2.45) is 0 Å². The molecular weight excluding hydrogens is 198 g/mol. The van der Waals surface area contributed by atoms with Crippen LogP contribution in [0.3, 0.4) is 0 Å². The van der Waals surface area contributed by atoms with Crippen LogP contribution in [-0.4, -0.2) is 24.9 Å². The van der Waals surface area contributed by atoms with E-state index in [2.05, 4.69) is 0 Å². The Kier molecular flexibility index (Phi) is 6.99. The molecule has 0 rings (SSSR count). The SMILES string of the molecule is CCOCCOC(=S)C(C#N)=C(C)C. The lowest BCUT2D eigenvalue weighted by Gasteiger charge is -2.07. The topological polar surface area (TPSA) is 42.2 Å². The van der Waals surface area contributed by atoms with E-state index in [0.717, 1.165) is 5.57 Å². The van der Waals surface area contributed by atoms with E-state index in [4.69, 9.17) is 27.0 Å². The molecule has 0 saturated heterocycles. The van der Waals surface area contributed by atoms with Crippen LogP contribution in [0.5, 0.6) is 0 Å². The van der Waals surface area contributed by atoms with Gasteiger partial charge in [-0.25, -0.2) is 0 Å². The van der Waals surface area contributed by atoms with Crippen LogP contribution >= 0.6 is 12.2 Å². The predicted octanol–water partition coefficient (Wildman–Crippen LogP) is 2.23. The Bertz CT molecular complexity index is 262. The number of nitriles is 1. The standard InChI is InChI=1S/C10H15NO2S/c1-4-12-5-6-13-10(14)9(7-11)8(2)3/h4-6H2,1-3H3. The van der Waals surface area contributed by atoms with Crippen molar-refractivity contribution >= 4 is 17.3 Å². The maximum Gasteiger partial charge on any atom is 0.201 e. The van der Waals surface area contributed by atoms with E-state index < -0.39 is 0 Å². The number of ether oxygens (including phenoxy) is 2. The summed E-state index contributed by atoms with van der Waals surface area (Å²) in [5.74, 6) is 0. The third kappa shape index (κ3) is 4.95. The molecule has 0 aliphatic rings. The van der Waals surface area contributed by atoms with Gasteiger partial charge in [0, 0.05) is 6.61 Å². The number of allylic oxidation sites excluding steroid dienone is 1. The van der Waals surface area contributed by atoms with Crippen LogP contribution < -0.4 is 0 Å². The van der Waals surface area contributed by atoms with Crippen LogP contribution in [0.1, 0.15) is 20.8 Å². The van der Waals surface area contributed by atoms with Crippen LogP contribution in [0.4, 0.5) is 0 Å². The van der Waals surface area contributed by atoms with Crippen LogP contribution in [0.2, 0.25) is 0 Å². The van der Waals surface area contributed by atoms with Gasteiger partial charge in [-0.15, -0.1) is 0 Å². The first-order valence-corrected chi connectivity index (χ1v) is 4.86. The highest BCUT2D eigenvalue weighted by Gasteiger charge is 2.06. The van der Waals surface area contributed by atoms with Crippen molar-refractivity contribution in [2.45, 2.75) is 20.8 Å². The molecule has 0 aromatic heterocycles. The zero-order chi connectivity index (χ0) is 11.0. The first-order valence-electron chi connectivity index (χ1n) is 4.45. The fourth-order valence-electron chi connectivity index (χ4n) is 0.771. The van der Waals surface area contributed by atoms with Gasteiger partial charge in [0.25, 0.3) is 0 Å². The number of thiocarbonyl (C=S) groups is 1. The summed E-state index contributed by atoms with van der Waals surface area (Å²) in [5, 5.41) is 9.02. The molecule has 0 amide bonds. The third-order valence-corrected chi connectivity index (χ3v) is 1.80. The minimum atomic E-state index is 0.257. The normalized spacial score (nSPS) is 9.00. The molecule has 3 nitrogen and oxygen atoms in total. The van der Waals surface area contributed by atoms with Crippen molar-refractivity contribution < 1.29 is 9.47 Å². The first kappa shape index (κ1) is 13.1. The summed E-state index contributed by atoms with van der Waals surface area (Å²) in [6, 6.07) is 2.01. The van der Waals surface area contributed by atoms with Gasteiger partial charge in [-0.2, -0.15) is 5.26 Å². The van der Waals surface area contributed by atoms with Gasteiger partial charge in [0.15, 0.2) is 0 Å². The summed E-state index contributed by atoms with van der Waals surface area (Å²) in [4.78, 5) is 0.